The maximum atomic E-state index is 13.6. The van der Waals surface area contributed by atoms with Crippen LogP contribution in [0.2, 0.25) is 0 Å². The minimum atomic E-state index is -4.44. The van der Waals surface area contributed by atoms with Crippen molar-refractivity contribution < 1.29 is 22.0 Å². The van der Waals surface area contributed by atoms with Gasteiger partial charge in [-0.2, -0.15) is 13.2 Å². The van der Waals surface area contributed by atoms with Crippen LogP contribution in [0.4, 0.5) is 22.0 Å². The lowest BCUT2D eigenvalue weighted by Crippen LogP contribution is -2.15. The van der Waals surface area contributed by atoms with Crippen molar-refractivity contribution in [3.05, 3.63) is 70.8 Å². The zero-order valence-corrected chi connectivity index (χ0v) is 10.8. The second kappa shape index (κ2) is 5.81. The van der Waals surface area contributed by atoms with Gasteiger partial charge in [0.25, 0.3) is 0 Å². The van der Waals surface area contributed by atoms with Gasteiger partial charge >= 0.3 is 6.18 Å². The van der Waals surface area contributed by atoms with Crippen molar-refractivity contribution >= 4 is 0 Å². The number of hydrogen-bond acceptors (Lipinski definition) is 1. The van der Waals surface area contributed by atoms with Gasteiger partial charge in [-0.1, -0.05) is 24.3 Å². The third kappa shape index (κ3) is 3.78. The highest BCUT2D eigenvalue weighted by Gasteiger charge is 2.30. The summed E-state index contributed by atoms with van der Waals surface area (Å²) >= 11 is 0. The molecule has 2 aromatic rings. The summed E-state index contributed by atoms with van der Waals surface area (Å²) in [4.78, 5) is 0. The molecule has 21 heavy (non-hydrogen) atoms. The van der Waals surface area contributed by atoms with E-state index in [0.29, 0.717) is 11.6 Å². The number of rotatable bonds is 3. The van der Waals surface area contributed by atoms with Crippen molar-refractivity contribution in [2.75, 3.05) is 0 Å². The van der Waals surface area contributed by atoms with Crippen LogP contribution in [0.1, 0.15) is 22.7 Å². The monoisotopic (exact) mass is 301 g/mol. The van der Waals surface area contributed by atoms with E-state index in [4.69, 9.17) is 5.73 Å². The lowest BCUT2D eigenvalue weighted by atomic mass is 9.98. The van der Waals surface area contributed by atoms with Crippen LogP contribution in [0.3, 0.4) is 0 Å². The van der Waals surface area contributed by atoms with Gasteiger partial charge in [-0.15, -0.1) is 0 Å². The Morgan fingerprint density at radius 1 is 1.00 bits per heavy atom. The highest BCUT2D eigenvalue weighted by atomic mass is 19.4. The molecule has 0 saturated carbocycles. The van der Waals surface area contributed by atoms with E-state index in [1.807, 2.05) is 0 Å². The molecule has 0 amide bonds. The van der Waals surface area contributed by atoms with Gasteiger partial charge in [0.15, 0.2) is 0 Å². The van der Waals surface area contributed by atoms with Crippen LogP contribution in [0.5, 0.6) is 0 Å². The van der Waals surface area contributed by atoms with Crippen LogP contribution in [0.15, 0.2) is 42.5 Å². The van der Waals surface area contributed by atoms with Crippen LogP contribution in [0, 0.1) is 11.6 Å². The number of halogens is 5. The Labute approximate surface area is 118 Å². The summed E-state index contributed by atoms with van der Waals surface area (Å²) in [6.45, 7) is 0. The van der Waals surface area contributed by atoms with Crippen molar-refractivity contribution in [3.63, 3.8) is 0 Å². The zero-order chi connectivity index (χ0) is 15.6. The molecular formula is C15H12F5N. The van der Waals surface area contributed by atoms with E-state index in [9.17, 15) is 22.0 Å². The molecule has 0 radical (unpaired) electrons. The quantitative estimate of drug-likeness (QED) is 0.844. The molecule has 0 fully saturated rings. The molecule has 2 aromatic carbocycles. The van der Waals surface area contributed by atoms with Gasteiger partial charge in [0.1, 0.15) is 11.6 Å². The number of nitrogens with two attached hydrogens (primary N) is 1. The molecule has 2 rings (SSSR count). The predicted octanol–water partition coefficient (Wildman–Crippen LogP) is 4.23. The van der Waals surface area contributed by atoms with Crippen molar-refractivity contribution in [1.29, 1.82) is 0 Å². The van der Waals surface area contributed by atoms with Crippen LogP contribution in [0.25, 0.3) is 0 Å². The van der Waals surface area contributed by atoms with E-state index in [0.717, 1.165) is 18.2 Å². The maximum Gasteiger partial charge on any atom is 0.416 e. The summed E-state index contributed by atoms with van der Waals surface area (Å²) < 4.78 is 64.2. The summed E-state index contributed by atoms with van der Waals surface area (Å²) in [5.74, 6) is -1.54. The summed E-state index contributed by atoms with van der Waals surface area (Å²) in [6.07, 6.45) is -4.42. The fourth-order valence-corrected chi connectivity index (χ4v) is 2.04. The maximum absolute atomic E-state index is 13.6. The lowest BCUT2D eigenvalue weighted by Gasteiger charge is -2.14. The number of hydrogen-bond donors (Lipinski definition) is 1. The molecule has 2 N–H and O–H groups in total. The standard InChI is InChI=1S/C15H12F5N/c16-11-4-5-12(13(17)8-11)14(21)7-9-2-1-3-10(6-9)15(18,19)20/h1-6,8,14H,7,21H2. The predicted molar refractivity (Wildman–Crippen MR) is 68.4 cm³/mol. The van der Waals surface area contributed by atoms with Crippen LogP contribution in [-0.4, -0.2) is 0 Å². The van der Waals surface area contributed by atoms with Crippen LogP contribution < -0.4 is 5.73 Å². The van der Waals surface area contributed by atoms with E-state index in [2.05, 4.69) is 0 Å². The molecule has 0 aliphatic carbocycles. The van der Waals surface area contributed by atoms with Crippen molar-refractivity contribution in [2.45, 2.75) is 18.6 Å². The summed E-state index contributed by atoms with van der Waals surface area (Å²) in [5.41, 5.74) is 5.41. The molecule has 0 saturated heterocycles. The van der Waals surface area contributed by atoms with Gasteiger partial charge in [-0.3, -0.25) is 0 Å². The van der Waals surface area contributed by atoms with Crippen molar-refractivity contribution in [1.82, 2.24) is 0 Å². The molecule has 1 nitrogen and oxygen atoms in total. The SMILES string of the molecule is NC(Cc1cccc(C(F)(F)F)c1)c1ccc(F)cc1F. The largest absolute Gasteiger partial charge is 0.416 e. The molecule has 0 aliphatic rings. The molecule has 1 unspecified atom stereocenters. The topological polar surface area (TPSA) is 26.0 Å². The van der Waals surface area contributed by atoms with E-state index in [1.54, 1.807) is 0 Å². The van der Waals surface area contributed by atoms with Crippen molar-refractivity contribution in [3.8, 4) is 0 Å². The third-order valence-corrected chi connectivity index (χ3v) is 3.07. The second-order valence-electron chi connectivity index (χ2n) is 4.67. The fraction of sp³-hybridized carbons (Fsp3) is 0.200. The minimum Gasteiger partial charge on any atom is -0.324 e. The lowest BCUT2D eigenvalue weighted by molar-refractivity contribution is -0.137. The molecule has 1 atom stereocenters. The second-order valence-corrected chi connectivity index (χ2v) is 4.67. The molecule has 0 aromatic heterocycles. The van der Waals surface area contributed by atoms with Crippen LogP contribution >= 0.6 is 0 Å². The van der Waals surface area contributed by atoms with Gasteiger partial charge < -0.3 is 5.73 Å². The highest BCUT2D eigenvalue weighted by Crippen LogP contribution is 2.30. The number of alkyl halides is 3. The van der Waals surface area contributed by atoms with Crippen LogP contribution in [-0.2, 0) is 12.6 Å². The molecule has 0 aliphatic heterocycles. The normalized spacial score (nSPS) is 13.2. The molecule has 0 spiro atoms. The molecule has 0 heterocycles. The first kappa shape index (κ1) is 15.4. The van der Waals surface area contributed by atoms with Gasteiger partial charge in [0, 0.05) is 17.7 Å². The summed E-state index contributed by atoms with van der Waals surface area (Å²) in [6, 6.07) is 6.78. The highest BCUT2D eigenvalue weighted by molar-refractivity contribution is 5.29. The zero-order valence-electron chi connectivity index (χ0n) is 10.8. The Bertz CT molecular complexity index is 636. The Kier molecular flexibility index (Phi) is 4.27. The van der Waals surface area contributed by atoms with E-state index >= 15 is 0 Å². The first-order chi connectivity index (χ1) is 9.77. The van der Waals surface area contributed by atoms with E-state index in [-0.39, 0.29) is 12.0 Å². The Morgan fingerprint density at radius 3 is 2.33 bits per heavy atom. The molecule has 6 heteroatoms. The molecule has 112 valence electrons. The summed E-state index contributed by atoms with van der Waals surface area (Å²) in [7, 11) is 0. The van der Waals surface area contributed by atoms with Gasteiger partial charge in [0.05, 0.1) is 5.56 Å². The number of benzene rings is 2. The average molecular weight is 301 g/mol. The first-order valence-electron chi connectivity index (χ1n) is 6.14. The Morgan fingerprint density at radius 2 is 1.71 bits per heavy atom. The third-order valence-electron chi connectivity index (χ3n) is 3.07. The van der Waals surface area contributed by atoms with Gasteiger partial charge in [-0.25, -0.2) is 8.78 Å². The average Bonchev–Trinajstić information content (AvgIpc) is 2.37. The first-order valence-corrected chi connectivity index (χ1v) is 6.14. The Balaban J connectivity index is 2.21. The van der Waals surface area contributed by atoms with E-state index < -0.39 is 29.4 Å². The van der Waals surface area contributed by atoms with Crippen molar-refractivity contribution in [2.24, 2.45) is 5.73 Å². The molecular weight excluding hydrogens is 289 g/mol. The smallest absolute Gasteiger partial charge is 0.324 e. The minimum absolute atomic E-state index is 0.0203. The molecule has 0 bridgehead atoms. The Hall–Kier alpha value is -1.95. The van der Waals surface area contributed by atoms with E-state index in [1.165, 1.54) is 18.2 Å². The van der Waals surface area contributed by atoms with Gasteiger partial charge in [0.2, 0.25) is 0 Å². The van der Waals surface area contributed by atoms with Gasteiger partial charge in [-0.05, 0) is 24.1 Å². The fourth-order valence-electron chi connectivity index (χ4n) is 2.04. The summed E-state index contributed by atoms with van der Waals surface area (Å²) in [5, 5.41) is 0.